The Morgan fingerprint density at radius 1 is 1.08 bits per heavy atom. The molecule has 0 bridgehead atoms. The Balaban J connectivity index is 0.000000240. The van der Waals surface area contributed by atoms with E-state index in [1.54, 1.807) is 19.9 Å². The van der Waals surface area contributed by atoms with Crippen molar-refractivity contribution < 1.29 is 28.9 Å². The summed E-state index contributed by atoms with van der Waals surface area (Å²) in [6.07, 6.45) is 7.48. The second-order valence-electron chi connectivity index (χ2n) is 6.04. The summed E-state index contributed by atoms with van der Waals surface area (Å²) in [5, 5.41) is 8.59. The Labute approximate surface area is 143 Å². The lowest BCUT2D eigenvalue weighted by molar-refractivity contribution is -0.182. The third-order valence-corrected chi connectivity index (χ3v) is 3.71. The molecule has 2 saturated heterocycles. The third kappa shape index (κ3) is 8.26. The average molecular weight is 340 g/mol. The van der Waals surface area contributed by atoms with Crippen LogP contribution in [0.2, 0.25) is 0 Å². The van der Waals surface area contributed by atoms with Crippen molar-refractivity contribution in [2.45, 2.75) is 64.8 Å². The van der Waals surface area contributed by atoms with E-state index in [0.717, 1.165) is 45.1 Å². The van der Waals surface area contributed by atoms with Crippen LogP contribution >= 0.6 is 0 Å². The van der Waals surface area contributed by atoms with Gasteiger partial charge in [-0.15, -0.1) is 0 Å². The first-order chi connectivity index (χ1) is 11.4. The molecule has 0 saturated carbocycles. The number of hydrogen-bond donors (Lipinski definition) is 1. The number of aliphatic carboxylic acids is 1. The zero-order chi connectivity index (χ0) is 17.9. The molecule has 24 heavy (non-hydrogen) atoms. The molecule has 0 amide bonds. The van der Waals surface area contributed by atoms with Crippen LogP contribution in [0.5, 0.6) is 0 Å². The van der Waals surface area contributed by atoms with Gasteiger partial charge in [-0.3, -0.25) is 0 Å². The first-order valence-corrected chi connectivity index (χ1v) is 8.41. The molecule has 0 radical (unpaired) electrons. The van der Waals surface area contributed by atoms with E-state index in [1.807, 2.05) is 0 Å². The molecule has 0 aliphatic carbocycles. The summed E-state index contributed by atoms with van der Waals surface area (Å²) in [6, 6.07) is 0. The van der Waals surface area contributed by atoms with Crippen LogP contribution in [0.3, 0.4) is 0 Å². The number of hydrogen-bond acceptors (Lipinski definition) is 5. The van der Waals surface area contributed by atoms with Crippen molar-refractivity contribution in [1.82, 2.24) is 0 Å². The second kappa shape index (κ2) is 11.0. The highest BCUT2D eigenvalue weighted by Crippen LogP contribution is 2.15. The van der Waals surface area contributed by atoms with E-state index in [0.29, 0.717) is 17.8 Å². The van der Waals surface area contributed by atoms with Gasteiger partial charge < -0.3 is 19.3 Å². The van der Waals surface area contributed by atoms with Gasteiger partial charge in [-0.05, 0) is 52.0 Å². The number of carboxylic acid groups (broad SMARTS) is 1. The van der Waals surface area contributed by atoms with E-state index in [9.17, 15) is 9.59 Å². The van der Waals surface area contributed by atoms with Crippen LogP contribution in [0, 0.1) is 0 Å². The van der Waals surface area contributed by atoms with Gasteiger partial charge in [0.15, 0.2) is 0 Å². The molecule has 2 aliphatic rings. The summed E-state index contributed by atoms with van der Waals surface area (Å²) >= 11 is 0. The second-order valence-corrected chi connectivity index (χ2v) is 6.04. The van der Waals surface area contributed by atoms with Crippen molar-refractivity contribution in [3.63, 3.8) is 0 Å². The summed E-state index contributed by atoms with van der Waals surface area (Å²) in [4.78, 5) is 21.5. The van der Waals surface area contributed by atoms with Crippen molar-refractivity contribution >= 4 is 11.9 Å². The fraction of sp³-hybridized carbons (Fsp3) is 0.667. The molecule has 136 valence electrons. The molecular formula is C18H28O6. The Kier molecular flexibility index (Phi) is 9.34. The summed E-state index contributed by atoms with van der Waals surface area (Å²) in [7, 11) is 0. The normalized spacial score (nSPS) is 24.3. The van der Waals surface area contributed by atoms with E-state index in [2.05, 4.69) is 6.58 Å². The lowest BCUT2D eigenvalue weighted by atomic mass is 10.1. The molecule has 2 unspecified atom stereocenters. The van der Waals surface area contributed by atoms with Gasteiger partial charge in [0.2, 0.25) is 6.29 Å². The molecule has 2 aliphatic heterocycles. The van der Waals surface area contributed by atoms with Crippen molar-refractivity contribution in [3.05, 3.63) is 23.8 Å². The Bertz CT molecular complexity index is 456. The minimum Gasteiger partial charge on any atom is -0.478 e. The van der Waals surface area contributed by atoms with E-state index >= 15 is 0 Å². The quantitative estimate of drug-likeness (QED) is 0.625. The number of carbonyl (C=O) groups is 2. The number of carboxylic acids is 1. The zero-order valence-corrected chi connectivity index (χ0v) is 14.6. The summed E-state index contributed by atoms with van der Waals surface area (Å²) < 4.78 is 15.6. The predicted octanol–water partition coefficient (Wildman–Crippen LogP) is 3.22. The van der Waals surface area contributed by atoms with Crippen molar-refractivity contribution in [3.8, 4) is 0 Å². The SMILES string of the molecule is C=C(C)C(=O)OC1CCCCO1.CC(=CC1CCCCO1)C(=O)O. The molecule has 0 aromatic heterocycles. The fourth-order valence-electron chi connectivity index (χ4n) is 2.27. The fourth-order valence-corrected chi connectivity index (χ4v) is 2.27. The van der Waals surface area contributed by atoms with Gasteiger partial charge in [-0.2, -0.15) is 0 Å². The van der Waals surface area contributed by atoms with E-state index < -0.39 is 5.97 Å². The molecule has 6 nitrogen and oxygen atoms in total. The maximum absolute atomic E-state index is 11.0. The number of rotatable bonds is 4. The first-order valence-electron chi connectivity index (χ1n) is 8.41. The smallest absolute Gasteiger partial charge is 0.335 e. The Morgan fingerprint density at radius 2 is 1.71 bits per heavy atom. The number of esters is 1. The Hall–Kier alpha value is -1.66. The summed E-state index contributed by atoms with van der Waals surface area (Å²) in [6.45, 7) is 8.16. The van der Waals surface area contributed by atoms with Crippen LogP contribution in [0.1, 0.15) is 52.4 Å². The molecule has 0 spiro atoms. The topological polar surface area (TPSA) is 82.1 Å². The van der Waals surface area contributed by atoms with Gasteiger partial charge in [0.1, 0.15) is 0 Å². The van der Waals surface area contributed by atoms with E-state index in [1.165, 1.54) is 0 Å². The van der Waals surface area contributed by atoms with Gasteiger partial charge in [-0.25, -0.2) is 9.59 Å². The number of ether oxygens (including phenoxy) is 3. The van der Waals surface area contributed by atoms with Crippen molar-refractivity contribution in [2.75, 3.05) is 13.2 Å². The molecule has 0 aromatic carbocycles. The van der Waals surface area contributed by atoms with Gasteiger partial charge in [-0.1, -0.05) is 6.58 Å². The van der Waals surface area contributed by atoms with Gasteiger partial charge in [0.25, 0.3) is 0 Å². The maximum atomic E-state index is 11.0. The molecule has 2 rings (SSSR count). The lowest BCUT2D eigenvalue weighted by Crippen LogP contribution is -2.25. The molecule has 6 heteroatoms. The van der Waals surface area contributed by atoms with Gasteiger partial charge >= 0.3 is 11.9 Å². The summed E-state index contributed by atoms with van der Waals surface area (Å²) in [5.74, 6) is -1.22. The molecule has 2 fully saturated rings. The van der Waals surface area contributed by atoms with Crippen LogP contribution in [0.15, 0.2) is 23.8 Å². The molecular weight excluding hydrogens is 312 g/mol. The van der Waals surface area contributed by atoms with Crippen LogP contribution in [0.4, 0.5) is 0 Å². The largest absolute Gasteiger partial charge is 0.478 e. The minimum absolute atomic E-state index is 0.0230. The molecule has 1 N–H and O–H groups in total. The molecule has 2 atom stereocenters. The first kappa shape index (κ1) is 20.4. The van der Waals surface area contributed by atoms with E-state index in [-0.39, 0.29) is 18.4 Å². The highest BCUT2D eigenvalue weighted by Gasteiger charge is 2.18. The number of carbonyl (C=O) groups excluding carboxylic acids is 1. The van der Waals surface area contributed by atoms with Crippen LogP contribution < -0.4 is 0 Å². The highest BCUT2D eigenvalue weighted by atomic mass is 16.7. The van der Waals surface area contributed by atoms with Crippen molar-refractivity contribution in [2.24, 2.45) is 0 Å². The molecule has 2 heterocycles. The van der Waals surface area contributed by atoms with E-state index in [4.69, 9.17) is 19.3 Å². The molecule has 0 aromatic rings. The van der Waals surface area contributed by atoms with Crippen molar-refractivity contribution in [1.29, 1.82) is 0 Å². The average Bonchev–Trinajstić information content (AvgIpc) is 2.57. The lowest BCUT2D eigenvalue weighted by Gasteiger charge is -2.22. The van der Waals surface area contributed by atoms with Gasteiger partial charge in [0, 0.05) is 24.2 Å². The van der Waals surface area contributed by atoms with Crippen LogP contribution in [-0.4, -0.2) is 42.7 Å². The Morgan fingerprint density at radius 3 is 2.17 bits per heavy atom. The van der Waals surface area contributed by atoms with Gasteiger partial charge in [0.05, 0.1) is 12.7 Å². The monoisotopic (exact) mass is 340 g/mol. The minimum atomic E-state index is -0.857. The van der Waals surface area contributed by atoms with Crippen LogP contribution in [0.25, 0.3) is 0 Å². The maximum Gasteiger partial charge on any atom is 0.335 e. The standard InChI is InChI=1S/2C9H14O3/c1-7(2)9(10)12-8-5-3-4-6-11-8;1-7(9(10)11)6-8-4-2-3-5-12-8/h8H,1,3-6H2,2H3;6,8H,2-5H2,1H3,(H,10,11). The third-order valence-electron chi connectivity index (χ3n) is 3.71. The highest BCUT2D eigenvalue weighted by molar-refractivity contribution is 5.87. The summed E-state index contributed by atoms with van der Waals surface area (Å²) in [5.41, 5.74) is 0.797. The predicted molar refractivity (Wildman–Crippen MR) is 89.5 cm³/mol. The van der Waals surface area contributed by atoms with Crippen LogP contribution in [-0.2, 0) is 23.8 Å². The zero-order valence-electron chi connectivity index (χ0n) is 14.6.